The Kier molecular flexibility index (Phi) is 5.75. The Morgan fingerprint density at radius 3 is 2.58 bits per heavy atom. The Labute approximate surface area is 145 Å². The van der Waals surface area contributed by atoms with Crippen molar-refractivity contribution < 1.29 is 31.5 Å². The standard InChI is InChI=1S/C17H25O6P/c1-12(2)22-16-14(9-10-24(19,20)11-18)23-15(17(16)21-3)13-7-5-4-6-8-13/h4-10,12,14-18H,11H2,1-3H3,(H,19,20)/b10-9+/t14-,15+,16-,17+/m1/s1/i9D,10D. The molecule has 2 rings (SSSR count). The number of rotatable bonds is 7. The zero-order valence-corrected chi connectivity index (χ0v) is 14.8. The predicted octanol–water partition coefficient (Wildman–Crippen LogP) is 2.67. The minimum atomic E-state index is -4.32. The number of methoxy groups -OCH3 is 1. The molecule has 1 saturated heterocycles. The molecule has 0 saturated carbocycles. The molecule has 0 aromatic heterocycles. The van der Waals surface area contributed by atoms with Crippen LogP contribution in [-0.4, -0.2) is 47.9 Å². The number of hydrogen-bond donors (Lipinski definition) is 2. The summed E-state index contributed by atoms with van der Waals surface area (Å²) < 4.78 is 45.4. The summed E-state index contributed by atoms with van der Waals surface area (Å²) >= 11 is 0. The largest absolute Gasteiger partial charge is 0.386 e. The molecule has 1 heterocycles. The Bertz CT molecular complexity index is 681. The topological polar surface area (TPSA) is 85.2 Å². The second-order valence-corrected chi connectivity index (χ2v) is 7.75. The molecule has 1 aliphatic rings. The highest BCUT2D eigenvalue weighted by Gasteiger charge is 2.45. The summed E-state index contributed by atoms with van der Waals surface area (Å²) in [6.07, 6.45) is -4.24. The molecule has 6 nitrogen and oxygen atoms in total. The molecule has 0 radical (unpaired) electrons. The molecular weight excluding hydrogens is 331 g/mol. The molecule has 0 spiro atoms. The smallest absolute Gasteiger partial charge is 0.246 e. The van der Waals surface area contributed by atoms with Gasteiger partial charge in [0.05, 0.1) is 8.85 Å². The van der Waals surface area contributed by atoms with Crippen LogP contribution in [0.15, 0.2) is 42.2 Å². The number of ether oxygens (including phenoxy) is 3. The third-order valence-electron chi connectivity index (χ3n) is 3.62. The van der Waals surface area contributed by atoms with Gasteiger partial charge in [0.25, 0.3) is 0 Å². The zero-order valence-electron chi connectivity index (χ0n) is 16.0. The van der Waals surface area contributed by atoms with E-state index in [1.165, 1.54) is 7.11 Å². The zero-order chi connectivity index (χ0) is 19.5. The van der Waals surface area contributed by atoms with Crippen LogP contribution in [-0.2, 0) is 18.8 Å². The van der Waals surface area contributed by atoms with Gasteiger partial charge in [-0.3, -0.25) is 4.57 Å². The van der Waals surface area contributed by atoms with Gasteiger partial charge in [0.15, 0.2) is 0 Å². The second-order valence-electron chi connectivity index (χ2n) is 5.84. The van der Waals surface area contributed by atoms with Crippen molar-refractivity contribution in [3.05, 3.63) is 47.7 Å². The lowest BCUT2D eigenvalue weighted by molar-refractivity contribution is -0.0694. The highest BCUT2D eigenvalue weighted by atomic mass is 31.2. The Morgan fingerprint density at radius 1 is 1.38 bits per heavy atom. The maximum atomic E-state index is 11.9. The monoisotopic (exact) mass is 358 g/mol. The van der Waals surface area contributed by atoms with E-state index in [1.54, 1.807) is 0 Å². The van der Waals surface area contributed by atoms with Crippen LogP contribution in [0.4, 0.5) is 0 Å². The third-order valence-corrected chi connectivity index (χ3v) is 4.48. The lowest BCUT2D eigenvalue weighted by atomic mass is 10.0. The van der Waals surface area contributed by atoms with E-state index in [0.717, 1.165) is 5.56 Å². The number of aliphatic hydroxyl groups is 1. The van der Waals surface area contributed by atoms with Crippen molar-refractivity contribution in [1.29, 1.82) is 0 Å². The Morgan fingerprint density at radius 2 is 2.04 bits per heavy atom. The molecule has 1 aliphatic heterocycles. The van der Waals surface area contributed by atoms with Gasteiger partial charge in [-0.1, -0.05) is 30.3 Å². The lowest BCUT2D eigenvalue weighted by Gasteiger charge is -2.24. The fourth-order valence-electron chi connectivity index (χ4n) is 2.61. The molecule has 1 unspecified atom stereocenters. The molecule has 0 aliphatic carbocycles. The molecule has 1 aromatic rings. The van der Waals surface area contributed by atoms with Crippen LogP contribution >= 0.6 is 7.37 Å². The van der Waals surface area contributed by atoms with E-state index in [1.807, 2.05) is 44.2 Å². The van der Waals surface area contributed by atoms with E-state index < -0.39 is 50.0 Å². The quantitative estimate of drug-likeness (QED) is 0.729. The highest BCUT2D eigenvalue weighted by molar-refractivity contribution is 7.61. The van der Waals surface area contributed by atoms with Crippen LogP contribution in [0.3, 0.4) is 0 Å². The van der Waals surface area contributed by atoms with Crippen LogP contribution in [0.25, 0.3) is 0 Å². The highest BCUT2D eigenvalue weighted by Crippen LogP contribution is 2.43. The summed E-state index contributed by atoms with van der Waals surface area (Å²) in [6.45, 7) is 3.64. The number of hydrogen-bond acceptors (Lipinski definition) is 5. The summed E-state index contributed by atoms with van der Waals surface area (Å²) in [5.41, 5.74) is 0.813. The van der Waals surface area contributed by atoms with Crippen LogP contribution < -0.4 is 0 Å². The molecule has 2 N–H and O–H groups in total. The Balaban J connectivity index is 2.46. The molecule has 134 valence electrons. The van der Waals surface area contributed by atoms with Gasteiger partial charge in [-0.05, 0) is 25.5 Å². The van der Waals surface area contributed by atoms with E-state index >= 15 is 0 Å². The number of benzene rings is 1. The average molecular weight is 358 g/mol. The summed E-state index contributed by atoms with van der Waals surface area (Å²) in [5, 5.41) is 9.05. The number of aliphatic hydroxyl groups excluding tert-OH is 1. The first-order chi connectivity index (χ1) is 12.2. The van der Waals surface area contributed by atoms with Crippen molar-refractivity contribution in [2.24, 2.45) is 0 Å². The Hall–Kier alpha value is -1.01. The maximum Gasteiger partial charge on any atom is 0.246 e. The van der Waals surface area contributed by atoms with Crippen LogP contribution in [0, 0.1) is 0 Å². The van der Waals surface area contributed by atoms with Gasteiger partial charge in [0.1, 0.15) is 30.8 Å². The van der Waals surface area contributed by atoms with Crippen molar-refractivity contribution in [1.82, 2.24) is 0 Å². The van der Waals surface area contributed by atoms with Crippen molar-refractivity contribution in [3.8, 4) is 0 Å². The van der Waals surface area contributed by atoms with Crippen LogP contribution in [0.5, 0.6) is 0 Å². The molecule has 5 atom stereocenters. The molecular formula is C17H25O6P. The van der Waals surface area contributed by atoms with Crippen molar-refractivity contribution in [2.45, 2.75) is 44.4 Å². The fraction of sp³-hybridized carbons (Fsp3) is 0.529. The second kappa shape index (κ2) is 8.39. The summed E-state index contributed by atoms with van der Waals surface area (Å²) in [4.78, 5) is 9.71. The molecule has 7 heteroatoms. The van der Waals surface area contributed by atoms with E-state index in [9.17, 15) is 9.46 Å². The van der Waals surface area contributed by atoms with Gasteiger partial charge < -0.3 is 24.2 Å². The van der Waals surface area contributed by atoms with Crippen LogP contribution in [0.1, 0.15) is 28.3 Å². The summed E-state index contributed by atoms with van der Waals surface area (Å²) in [6, 6.07) is 8.77. The molecule has 0 bridgehead atoms. The van der Waals surface area contributed by atoms with Gasteiger partial charge in [-0.2, -0.15) is 0 Å². The SMILES string of the molecule is [2H]/C(=C(/[2H])P(=O)(O)CO)[C@H]1O[C@@H](c2ccccc2)[C@H](OC)[C@@H]1OC(C)C. The summed E-state index contributed by atoms with van der Waals surface area (Å²) in [5.74, 6) is -0.842. The van der Waals surface area contributed by atoms with Crippen molar-refractivity contribution >= 4 is 7.37 Å². The van der Waals surface area contributed by atoms with Gasteiger partial charge >= 0.3 is 0 Å². The first-order valence-electron chi connectivity index (χ1n) is 8.72. The van der Waals surface area contributed by atoms with Gasteiger partial charge in [0.2, 0.25) is 7.37 Å². The average Bonchev–Trinajstić information content (AvgIpc) is 2.98. The maximum absolute atomic E-state index is 11.9. The third kappa shape index (κ3) is 4.76. The van der Waals surface area contributed by atoms with E-state index in [-0.39, 0.29) is 6.10 Å². The van der Waals surface area contributed by atoms with Crippen molar-refractivity contribution in [3.63, 3.8) is 0 Å². The predicted molar refractivity (Wildman–Crippen MR) is 90.9 cm³/mol. The molecule has 24 heavy (non-hydrogen) atoms. The van der Waals surface area contributed by atoms with Crippen molar-refractivity contribution in [2.75, 3.05) is 13.5 Å². The fourth-order valence-corrected chi connectivity index (χ4v) is 3.00. The normalized spacial score (nSPS) is 32.1. The minimum Gasteiger partial charge on any atom is -0.386 e. The summed E-state index contributed by atoms with van der Waals surface area (Å²) in [7, 11) is -2.81. The van der Waals surface area contributed by atoms with E-state index in [4.69, 9.17) is 22.1 Å². The lowest BCUT2D eigenvalue weighted by Crippen LogP contribution is -2.36. The van der Waals surface area contributed by atoms with Gasteiger partial charge in [-0.15, -0.1) is 0 Å². The van der Waals surface area contributed by atoms with Crippen LogP contribution in [0.2, 0.25) is 0 Å². The first-order valence-corrected chi connectivity index (χ1v) is 9.56. The van der Waals surface area contributed by atoms with Gasteiger partial charge in [-0.25, -0.2) is 0 Å². The van der Waals surface area contributed by atoms with E-state index in [2.05, 4.69) is 0 Å². The molecule has 0 amide bonds. The van der Waals surface area contributed by atoms with Gasteiger partial charge in [0, 0.05) is 12.9 Å². The molecule has 1 aromatic carbocycles. The first kappa shape index (κ1) is 16.5. The molecule has 1 fully saturated rings. The minimum absolute atomic E-state index is 0.209. The van der Waals surface area contributed by atoms with E-state index in [0.29, 0.717) is 0 Å².